The summed E-state index contributed by atoms with van der Waals surface area (Å²) in [5.74, 6) is 0.867. The van der Waals surface area contributed by atoms with E-state index in [2.05, 4.69) is 4.98 Å². The Bertz CT molecular complexity index is 1110. The number of halogens is 1. The second kappa shape index (κ2) is 8.63. The number of carboxylic acid groups (broad SMARTS) is 1. The Kier molecular flexibility index (Phi) is 5.77. The van der Waals surface area contributed by atoms with Gasteiger partial charge in [-0.2, -0.15) is 0 Å². The molecule has 1 aliphatic heterocycles. The van der Waals surface area contributed by atoms with Crippen molar-refractivity contribution in [1.29, 1.82) is 0 Å². The Morgan fingerprint density at radius 3 is 2.63 bits per heavy atom. The number of hydrogen-bond donors (Lipinski definition) is 1. The molecule has 0 spiro atoms. The van der Waals surface area contributed by atoms with Crippen LogP contribution in [0.4, 0.5) is 0 Å². The van der Waals surface area contributed by atoms with Crippen molar-refractivity contribution in [2.24, 2.45) is 0 Å². The fourth-order valence-corrected chi connectivity index (χ4v) is 3.65. The predicted octanol–water partition coefficient (Wildman–Crippen LogP) is 5.13. The van der Waals surface area contributed by atoms with Gasteiger partial charge in [-0.25, -0.2) is 9.78 Å². The van der Waals surface area contributed by atoms with Gasteiger partial charge in [-0.3, -0.25) is 0 Å². The summed E-state index contributed by atoms with van der Waals surface area (Å²) in [6, 6.07) is 13.2. The van der Waals surface area contributed by atoms with E-state index in [4.69, 9.17) is 21.1 Å². The summed E-state index contributed by atoms with van der Waals surface area (Å²) in [6.45, 7) is 2.46. The van der Waals surface area contributed by atoms with Gasteiger partial charge in [0.2, 0.25) is 6.79 Å². The molecule has 0 amide bonds. The number of nitrogens with zero attached hydrogens (tertiary/aromatic N) is 2. The Hall–Kier alpha value is -3.25. The zero-order valence-corrected chi connectivity index (χ0v) is 17.2. The fourth-order valence-electron chi connectivity index (χ4n) is 3.44. The number of rotatable bonds is 7. The number of carboxylic acids is 1. The summed E-state index contributed by atoms with van der Waals surface area (Å²) < 4.78 is 12.5. The quantitative estimate of drug-likeness (QED) is 0.568. The molecule has 1 aromatic heterocycles. The van der Waals surface area contributed by atoms with Crippen molar-refractivity contribution in [2.45, 2.75) is 26.3 Å². The molecule has 30 heavy (non-hydrogen) atoms. The lowest BCUT2D eigenvalue weighted by molar-refractivity contribution is 0.0685. The number of aryl methyl sites for hydroxylation is 1. The number of imidazole rings is 1. The van der Waals surface area contributed by atoms with Gasteiger partial charge in [0.05, 0.1) is 12.2 Å². The van der Waals surface area contributed by atoms with Crippen LogP contribution in [0.25, 0.3) is 12.2 Å². The third kappa shape index (κ3) is 4.04. The molecule has 6 nitrogen and oxygen atoms in total. The van der Waals surface area contributed by atoms with Crippen LogP contribution in [-0.2, 0) is 13.0 Å². The van der Waals surface area contributed by atoms with Gasteiger partial charge in [-0.05, 0) is 29.7 Å². The van der Waals surface area contributed by atoms with Gasteiger partial charge < -0.3 is 19.1 Å². The van der Waals surface area contributed by atoms with Crippen molar-refractivity contribution < 1.29 is 19.4 Å². The maximum atomic E-state index is 12.2. The number of hydrogen-bond acceptors (Lipinski definition) is 4. The summed E-state index contributed by atoms with van der Waals surface area (Å²) in [7, 11) is 0. The first-order valence-corrected chi connectivity index (χ1v) is 10.1. The maximum absolute atomic E-state index is 12.2. The summed E-state index contributed by atoms with van der Waals surface area (Å²) in [4.78, 5) is 16.8. The van der Waals surface area contributed by atoms with Crippen LogP contribution in [-0.4, -0.2) is 27.4 Å². The largest absolute Gasteiger partial charge is 0.477 e. The third-order valence-corrected chi connectivity index (χ3v) is 5.20. The molecule has 0 saturated carbocycles. The smallest absolute Gasteiger partial charge is 0.354 e. The molecule has 0 saturated heterocycles. The maximum Gasteiger partial charge on any atom is 0.354 e. The third-order valence-electron chi connectivity index (χ3n) is 4.85. The Morgan fingerprint density at radius 2 is 1.93 bits per heavy atom. The summed E-state index contributed by atoms with van der Waals surface area (Å²) in [5.41, 5.74) is 2.28. The highest BCUT2D eigenvalue weighted by atomic mass is 35.5. The van der Waals surface area contributed by atoms with Crippen LogP contribution in [0.1, 0.15) is 46.5 Å². The van der Waals surface area contributed by atoms with Crippen molar-refractivity contribution in [1.82, 2.24) is 9.55 Å². The van der Waals surface area contributed by atoms with E-state index < -0.39 is 5.97 Å². The first-order chi connectivity index (χ1) is 14.6. The van der Waals surface area contributed by atoms with E-state index in [0.29, 0.717) is 34.5 Å². The second-order valence-electron chi connectivity index (χ2n) is 6.94. The molecule has 2 aromatic carbocycles. The van der Waals surface area contributed by atoms with Gasteiger partial charge in [0.1, 0.15) is 5.82 Å². The molecule has 0 aliphatic carbocycles. The van der Waals surface area contributed by atoms with Crippen LogP contribution >= 0.6 is 11.6 Å². The lowest BCUT2D eigenvalue weighted by Gasteiger charge is -2.12. The fraction of sp³-hybridized carbons (Fsp3) is 0.217. The SMILES string of the molecule is CCCc1nc(C=Cc2ccccc2)c(C(=O)O)n1Cc1cc2c(cc1Cl)OCO2. The Morgan fingerprint density at radius 1 is 1.20 bits per heavy atom. The number of carbonyl (C=O) groups is 1. The molecule has 0 unspecified atom stereocenters. The van der Waals surface area contributed by atoms with Gasteiger partial charge in [0.25, 0.3) is 0 Å². The molecule has 0 radical (unpaired) electrons. The van der Waals surface area contributed by atoms with Gasteiger partial charge >= 0.3 is 5.97 Å². The Labute approximate surface area is 179 Å². The summed E-state index contributed by atoms with van der Waals surface area (Å²) in [6.07, 6.45) is 5.10. The zero-order chi connectivity index (χ0) is 21.1. The van der Waals surface area contributed by atoms with E-state index in [0.717, 1.165) is 17.5 Å². The minimum atomic E-state index is -1.03. The van der Waals surface area contributed by atoms with Crippen molar-refractivity contribution in [3.05, 3.63) is 75.8 Å². The van der Waals surface area contributed by atoms with Crippen LogP contribution < -0.4 is 9.47 Å². The topological polar surface area (TPSA) is 73.6 Å². The molecule has 3 aromatic rings. The molecule has 1 N–H and O–H groups in total. The monoisotopic (exact) mass is 424 g/mol. The average molecular weight is 425 g/mol. The Balaban J connectivity index is 1.75. The summed E-state index contributed by atoms with van der Waals surface area (Å²) in [5, 5.41) is 10.4. The zero-order valence-electron chi connectivity index (χ0n) is 16.5. The van der Waals surface area contributed by atoms with Crippen molar-refractivity contribution in [3.63, 3.8) is 0 Å². The van der Waals surface area contributed by atoms with E-state index in [1.165, 1.54) is 0 Å². The van der Waals surface area contributed by atoms with E-state index in [1.807, 2.05) is 43.3 Å². The minimum absolute atomic E-state index is 0.138. The van der Waals surface area contributed by atoms with E-state index in [1.54, 1.807) is 22.8 Å². The van der Waals surface area contributed by atoms with Gasteiger partial charge in [0.15, 0.2) is 17.2 Å². The predicted molar refractivity (Wildman–Crippen MR) is 115 cm³/mol. The number of fused-ring (bicyclic) bond motifs is 1. The van der Waals surface area contributed by atoms with Crippen LogP contribution in [0.15, 0.2) is 42.5 Å². The molecular formula is C23H21ClN2O4. The molecule has 7 heteroatoms. The van der Waals surface area contributed by atoms with E-state index >= 15 is 0 Å². The molecule has 1 aliphatic rings. The number of ether oxygens (including phenoxy) is 2. The lowest BCUT2D eigenvalue weighted by atomic mass is 10.1. The molecule has 0 atom stereocenters. The first kappa shape index (κ1) is 20.0. The standard InChI is InChI=1S/C23H21ClN2O4/c1-2-6-21-25-18(10-9-15-7-4-3-5-8-15)22(23(27)28)26(21)13-16-11-19-20(12-17(16)24)30-14-29-19/h3-5,7-12H,2,6,13-14H2,1H3,(H,27,28). The normalized spacial score (nSPS) is 12.6. The van der Waals surface area contributed by atoms with Crippen molar-refractivity contribution >= 4 is 29.7 Å². The highest BCUT2D eigenvalue weighted by molar-refractivity contribution is 6.31. The molecule has 0 bridgehead atoms. The number of aromatic carboxylic acids is 1. The molecule has 2 heterocycles. The van der Waals surface area contributed by atoms with Gasteiger partial charge in [0, 0.05) is 17.5 Å². The summed E-state index contributed by atoms with van der Waals surface area (Å²) >= 11 is 6.44. The average Bonchev–Trinajstić information content (AvgIpc) is 3.32. The highest BCUT2D eigenvalue weighted by Gasteiger charge is 2.23. The van der Waals surface area contributed by atoms with E-state index in [9.17, 15) is 9.90 Å². The number of aromatic nitrogens is 2. The van der Waals surface area contributed by atoms with Crippen LogP contribution in [0.2, 0.25) is 5.02 Å². The highest BCUT2D eigenvalue weighted by Crippen LogP contribution is 2.37. The van der Waals surface area contributed by atoms with Crippen LogP contribution in [0.3, 0.4) is 0 Å². The lowest BCUT2D eigenvalue weighted by Crippen LogP contribution is -2.13. The van der Waals surface area contributed by atoms with Gasteiger partial charge in [-0.1, -0.05) is 54.9 Å². The van der Waals surface area contributed by atoms with Crippen molar-refractivity contribution in [3.8, 4) is 11.5 Å². The number of benzene rings is 2. The van der Waals surface area contributed by atoms with Crippen LogP contribution in [0.5, 0.6) is 11.5 Å². The molecule has 4 rings (SSSR count). The van der Waals surface area contributed by atoms with Crippen LogP contribution in [0, 0.1) is 0 Å². The molecule has 0 fully saturated rings. The van der Waals surface area contributed by atoms with E-state index in [-0.39, 0.29) is 19.0 Å². The molecule has 154 valence electrons. The second-order valence-corrected chi connectivity index (χ2v) is 7.35. The molecular weight excluding hydrogens is 404 g/mol. The first-order valence-electron chi connectivity index (χ1n) is 9.70. The van der Waals surface area contributed by atoms with Crippen molar-refractivity contribution in [2.75, 3.05) is 6.79 Å². The van der Waals surface area contributed by atoms with Gasteiger partial charge in [-0.15, -0.1) is 0 Å². The minimum Gasteiger partial charge on any atom is -0.477 e.